The Labute approximate surface area is 160 Å². The van der Waals surface area contributed by atoms with Crippen LogP contribution in [0.25, 0.3) is 0 Å². The highest BCUT2D eigenvalue weighted by molar-refractivity contribution is 5.94. The van der Waals surface area contributed by atoms with E-state index in [1.807, 2.05) is 11.1 Å². The van der Waals surface area contributed by atoms with Crippen LogP contribution in [0.15, 0.2) is 30.5 Å². The van der Waals surface area contributed by atoms with Gasteiger partial charge in [0, 0.05) is 43.0 Å². The normalized spacial score (nSPS) is 18.1. The van der Waals surface area contributed by atoms with Gasteiger partial charge in [-0.2, -0.15) is 5.26 Å². The fourth-order valence-electron chi connectivity index (χ4n) is 4.16. The van der Waals surface area contributed by atoms with Crippen molar-refractivity contribution in [2.45, 2.75) is 51.5 Å². The predicted molar refractivity (Wildman–Crippen MR) is 103 cm³/mol. The number of amides is 1. The van der Waals surface area contributed by atoms with E-state index < -0.39 is 0 Å². The molecule has 0 spiro atoms. The Morgan fingerprint density at radius 3 is 2.48 bits per heavy atom. The Hall–Kier alpha value is -2.61. The first kappa shape index (κ1) is 17.8. The number of carbonyl (C=O) groups excluding carboxylic acids is 1. The highest BCUT2D eigenvalue weighted by atomic mass is 16.2. The van der Waals surface area contributed by atoms with Crippen LogP contribution in [0.5, 0.6) is 0 Å². The Bertz CT molecular complexity index is 849. The van der Waals surface area contributed by atoms with Gasteiger partial charge in [0.15, 0.2) is 0 Å². The number of aromatic nitrogens is 2. The summed E-state index contributed by atoms with van der Waals surface area (Å²) in [5, 5.41) is 8.89. The van der Waals surface area contributed by atoms with Crippen molar-refractivity contribution in [2.75, 3.05) is 13.1 Å². The average molecular weight is 362 g/mol. The van der Waals surface area contributed by atoms with Crippen LogP contribution in [0.1, 0.15) is 65.5 Å². The molecule has 2 fully saturated rings. The van der Waals surface area contributed by atoms with Crippen molar-refractivity contribution >= 4 is 5.91 Å². The van der Waals surface area contributed by atoms with E-state index in [1.165, 1.54) is 30.8 Å². The molecule has 0 bridgehead atoms. The molecule has 1 aromatic heterocycles. The van der Waals surface area contributed by atoms with E-state index in [0.717, 1.165) is 32.5 Å². The maximum absolute atomic E-state index is 12.7. The summed E-state index contributed by atoms with van der Waals surface area (Å²) in [7, 11) is 0. The van der Waals surface area contributed by atoms with Gasteiger partial charge in [0.05, 0.1) is 11.6 Å². The fourth-order valence-corrected chi connectivity index (χ4v) is 4.16. The molecule has 0 radical (unpaired) electrons. The first-order valence-electron chi connectivity index (χ1n) is 9.97. The summed E-state index contributed by atoms with van der Waals surface area (Å²) in [6.45, 7) is 4.78. The van der Waals surface area contributed by atoms with Gasteiger partial charge >= 0.3 is 0 Å². The Kier molecular flexibility index (Phi) is 4.98. The molecule has 2 aliphatic rings. The minimum atomic E-state index is 0.0758. The summed E-state index contributed by atoms with van der Waals surface area (Å²) >= 11 is 0. The van der Waals surface area contributed by atoms with E-state index in [4.69, 9.17) is 5.26 Å². The molecule has 5 heteroatoms. The van der Waals surface area contributed by atoms with E-state index in [9.17, 15) is 4.79 Å². The second-order valence-electron chi connectivity index (χ2n) is 7.92. The average Bonchev–Trinajstić information content (AvgIpc) is 3.01. The van der Waals surface area contributed by atoms with Gasteiger partial charge in [-0.1, -0.05) is 6.42 Å². The van der Waals surface area contributed by atoms with Gasteiger partial charge in [0.1, 0.15) is 5.82 Å². The molecule has 0 unspecified atom stereocenters. The van der Waals surface area contributed by atoms with E-state index in [-0.39, 0.29) is 5.91 Å². The van der Waals surface area contributed by atoms with Crippen LogP contribution < -0.4 is 0 Å². The molecule has 1 aliphatic heterocycles. The van der Waals surface area contributed by atoms with E-state index in [1.54, 1.807) is 24.3 Å². The van der Waals surface area contributed by atoms with Crippen LogP contribution in [-0.4, -0.2) is 33.4 Å². The third-order valence-electron chi connectivity index (χ3n) is 6.16. The molecule has 2 aromatic rings. The van der Waals surface area contributed by atoms with Crippen LogP contribution in [0.2, 0.25) is 0 Å². The fraction of sp³-hybridized carbons (Fsp3) is 0.500. The van der Waals surface area contributed by atoms with Crippen molar-refractivity contribution in [3.8, 4) is 6.07 Å². The molecule has 4 rings (SSSR count). The first-order chi connectivity index (χ1) is 13.2. The zero-order chi connectivity index (χ0) is 18.8. The number of nitriles is 1. The molecule has 1 aliphatic carbocycles. The predicted octanol–water partition coefficient (Wildman–Crippen LogP) is 3.88. The number of likely N-dealkylation sites (tertiary alicyclic amines) is 1. The lowest BCUT2D eigenvalue weighted by Gasteiger charge is -2.33. The lowest BCUT2D eigenvalue weighted by atomic mass is 9.84. The standard InChI is InChI=1S/C22H26N4O/c1-16-14-24-21(19-3-2-4-19)26(16)15-18-9-11-25(12-10-18)22(27)20-7-5-17(13-23)6-8-20/h5-8,14,18-19H,2-4,9-12,15H2,1H3. The molecular formula is C22H26N4O. The molecular weight excluding hydrogens is 336 g/mol. The molecule has 2 heterocycles. The zero-order valence-corrected chi connectivity index (χ0v) is 15.9. The Morgan fingerprint density at radius 2 is 1.89 bits per heavy atom. The van der Waals surface area contributed by atoms with Crippen molar-refractivity contribution in [1.82, 2.24) is 14.5 Å². The van der Waals surface area contributed by atoms with Gasteiger partial charge in [-0.15, -0.1) is 0 Å². The molecule has 1 saturated heterocycles. The Balaban J connectivity index is 1.36. The second-order valence-corrected chi connectivity index (χ2v) is 7.92. The molecule has 140 valence electrons. The van der Waals surface area contributed by atoms with Crippen LogP contribution in [0, 0.1) is 24.2 Å². The summed E-state index contributed by atoms with van der Waals surface area (Å²) in [5.74, 6) is 2.60. The monoisotopic (exact) mass is 362 g/mol. The first-order valence-corrected chi connectivity index (χ1v) is 9.97. The van der Waals surface area contributed by atoms with E-state index in [0.29, 0.717) is 23.0 Å². The third-order valence-corrected chi connectivity index (χ3v) is 6.16. The molecule has 1 amide bonds. The quantitative estimate of drug-likeness (QED) is 0.829. The van der Waals surface area contributed by atoms with Crippen LogP contribution in [0.4, 0.5) is 0 Å². The number of hydrogen-bond acceptors (Lipinski definition) is 3. The number of piperidine rings is 1. The van der Waals surface area contributed by atoms with Crippen molar-refractivity contribution in [3.63, 3.8) is 0 Å². The summed E-state index contributed by atoms with van der Waals surface area (Å²) in [4.78, 5) is 19.3. The van der Waals surface area contributed by atoms with Gasteiger partial charge in [-0.05, 0) is 62.8 Å². The lowest BCUT2D eigenvalue weighted by Crippen LogP contribution is -2.39. The van der Waals surface area contributed by atoms with Crippen molar-refractivity contribution in [3.05, 3.63) is 53.1 Å². The van der Waals surface area contributed by atoms with Crippen LogP contribution >= 0.6 is 0 Å². The minimum Gasteiger partial charge on any atom is -0.339 e. The van der Waals surface area contributed by atoms with Gasteiger partial charge in [-0.3, -0.25) is 4.79 Å². The number of nitrogens with zero attached hydrogens (tertiary/aromatic N) is 4. The number of imidazole rings is 1. The van der Waals surface area contributed by atoms with E-state index in [2.05, 4.69) is 22.5 Å². The molecule has 1 aromatic carbocycles. The second kappa shape index (κ2) is 7.56. The highest BCUT2D eigenvalue weighted by Gasteiger charge is 2.28. The maximum Gasteiger partial charge on any atom is 0.253 e. The number of hydrogen-bond donors (Lipinski definition) is 0. The summed E-state index contributed by atoms with van der Waals surface area (Å²) in [5.41, 5.74) is 2.52. The van der Waals surface area contributed by atoms with Crippen molar-refractivity contribution in [1.29, 1.82) is 5.26 Å². The lowest BCUT2D eigenvalue weighted by molar-refractivity contribution is 0.0682. The van der Waals surface area contributed by atoms with Gasteiger partial charge in [0.25, 0.3) is 5.91 Å². The molecule has 27 heavy (non-hydrogen) atoms. The SMILES string of the molecule is Cc1cnc(C2CCC2)n1CC1CCN(C(=O)c2ccc(C#N)cc2)CC1. The summed E-state index contributed by atoms with van der Waals surface area (Å²) in [6.07, 6.45) is 7.94. The van der Waals surface area contributed by atoms with Gasteiger partial charge < -0.3 is 9.47 Å². The number of benzene rings is 1. The highest BCUT2D eigenvalue weighted by Crippen LogP contribution is 2.36. The topological polar surface area (TPSA) is 61.9 Å². The largest absolute Gasteiger partial charge is 0.339 e. The van der Waals surface area contributed by atoms with E-state index >= 15 is 0 Å². The minimum absolute atomic E-state index is 0.0758. The van der Waals surface area contributed by atoms with Crippen molar-refractivity contribution in [2.24, 2.45) is 5.92 Å². The summed E-state index contributed by atoms with van der Waals surface area (Å²) in [6, 6.07) is 9.03. The molecule has 5 nitrogen and oxygen atoms in total. The summed E-state index contributed by atoms with van der Waals surface area (Å²) < 4.78 is 2.42. The van der Waals surface area contributed by atoms with Gasteiger partial charge in [-0.25, -0.2) is 4.98 Å². The molecule has 0 N–H and O–H groups in total. The van der Waals surface area contributed by atoms with Crippen molar-refractivity contribution < 1.29 is 4.79 Å². The smallest absolute Gasteiger partial charge is 0.253 e. The number of aryl methyl sites for hydroxylation is 1. The third kappa shape index (κ3) is 3.62. The molecule has 0 atom stereocenters. The van der Waals surface area contributed by atoms with Gasteiger partial charge in [0.2, 0.25) is 0 Å². The zero-order valence-electron chi connectivity index (χ0n) is 15.9. The number of carbonyl (C=O) groups is 1. The number of rotatable bonds is 4. The Morgan fingerprint density at radius 1 is 1.19 bits per heavy atom. The van der Waals surface area contributed by atoms with Crippen LogP contribution in [-0.2, 0) is 6.54 Å². The maximum atomic E-state index is 12.7. The van der Waals surface area contributed by atoms with Crippen LogP contribution in [0.3, 0.4) is 0 Å². The molecule has 1 saturated carbocycles.